The van der Waals surface area contributed by atoms with Crippen molar-refractivity contribution in [1.29, 1.82) is 0 Å². The molecule has 0 spiro atoms. The molecule has 0 N–H and O–H groups in total. The van der Waals surface area contributed by atoms with E-state index in [1.165, 1.54) is 0 Å². The molecule has 0 heterocycles. The summed E-state index contributed by atoms with van der Waals surface area (Å²) in [7, 11) is -2.28. The second-order valence-corrected chi connectivity index (χ2v) is 6.47. The summed E-state index contributed by atoms with van der Waals surface area (Å²) in [5.74, 6) is 0. The largest absolute Gasteiger partial charge is 1.00 e. The summed E-state index contributed by atoms with van der Waals surface area (Å²) in [5.41, 5.74) is 0. The molecular weight excluding hydrogens is 163 g/mol. The Hall–Kier alpha value is 0.397. The van der Waals surface area contributed by atoms with Gasteiger partial charge in [-0.25, -0.2) is 0 Å². The van der Waals surface area contributed by atoms with Crippen molar-refractivity contribution < 1.29 is 34.4 Å². The number of rotatable bonds is 1. The van der Waals surface area contributed by atoms with Gasteiger partial charge in [-0.3, -0.25) is 0 Å². The maximum absolute atomic E-state index is 11.4. The minimum atomic E-state index is -2.28. The summed E-state index contributed by atoms with van der Waals surface area (Å²) in [4.78, 5) is 11.4. The van der Waals surface area contributed by atoms with Gasteiger partial charge >= 0.3 is 29.6 Å². The average Bonchev–Trinajstić information content (AvgIpc) is 1.88. The molecule has 0 aliphatic carbocycles. The van der Waals surface area contributed by atoms with Gasteiger partial charge in [-0.2, -0.15) is 0 Å². The Morgan fingerprint density at radius 1 is 1.09 bits per heavy atom. The molecule has 54 valence electrons. The monoisotopic (exact) mass is 174 g/mol. The molecule has 1 aromatic rings. The minimum Gasteiger partial charge on any atom is -0.855 e. The van der Waals surface area contributed by atoms with Crippen LogP contribution in [-0.4, -0.2) is 8.32 Å². The van der Waals surface area contributed by atoms with Crippen LogP contribution in [-0.2, 0) is 0 Å². The zero-order valence-electron chi connectivity index (χ0n) is 7.29. The maximum atomic E-state index is 11.4. The van der Waals surface area contributed by atoms with Crippen molar-refractivity contribution in [1.82, 2.24) is 0 Å². The predicted molar refractivity (Wildman–Crippen MR) is 43.6 cm³/mol. The molecule has 0 aliphatic rings. The molecule has 0 bridgehead atoms. The van der Waals surface area contributed by atoms with E-state index in [9.17, 15) is 4.80 Å². The van der Waals surface area contributed by atoms with Crippen LogP contribution in [0.1, 0.15) is 0 Å². The van der Waals surface area contributed by atoms with Crippen molar-refractivity contribution in [2.45, 2.75) is 13.1 Å². The maximum Gasteiger partial charge on any atom is 1.00 e. The summed E-state index contributed by atoms with van der Waals surface area (Å²) < 4.78 is 0. The van der Waals surface area contributed by atoms with Crippen molar-refractivity contribution in [2.75, 3.05) is 0 Å². The smallest absolute Gasteiger partial charge is 0.855 e. The summed E-state index contributed by atoms with van der Waals surface area (Å²) in [6, 6.07) is 9.60. The van der Waals surface area contributed by atoms with Crippen LogP contribution in [0.5, 0.6) is 0 Å². The summed E-state index contributed by atoms with van der Waals surface area (Å²) in [6.07, 6.45) is 0. The molecule has 0 saturated heterocycles. The molecule has 1 rings (SSSR count). The van der Waals surface area contributed by atoms with Gasteiger partial charge in [0.05, 0.1) is 0 Å². The van der Waals surface area contributed by atoms with Crippen molar-refractivity contribution in [3.8, 4) is 0 Å². The Kier molecular flexibility index (Phi) is 4.59. The van der Waals surface area contributed by atoms with Gasteiger partial charge in [-0.1, -0.05) is 48.6 Å². The van der Waals surface area contributed by atoms with E-state index in [2.05, 4.69) is 0 Å². The SMILES string of the molecule is C[Si](C)([O-])c1ccccc1.[Na+]. The van der Waals surface area contributed by atoms with Crippen molar-refractivity contribution >= 4 is 13.5 Å². The third-order valence-corrected chi connectivity index (χ3v) is 3.19. The average molecular weight is 174 g/mol. The number of hydrogen-bond acceptors (Lipinski definition) is 1. The number of benzene rings is 1. The molecular formula is C8H11NaOSi. The van der Waals surface area contributed by atoms with E-state index in [-0.39, 0.29) is 29.6 Å². The Balaban J connectivity index is 0.000001000. The van der Waals surface area contributed by atoms with Crippen LogP contribution >= 0.6 is 0 Å². The van der Waals surface area contributed by atoms with Gasteiger partial charge in [0, 0.05) is 0 Å². The van der Waals surface area contributed by atoms with E-state index in [1.807, 2.05) is 43.4 Å². The fourth-order valence-corrected chi connectivity index (χ4v) is 1.83. The second-order valence-electron chi connectivity index (χ2n) is 2.88. The molecule has 3 heteroatoms. The van der Waals surface area contributed by atoms with Crippen LogP contribution in [0.4, 0.5) is 0 Å². The summed E-state index contributed by atoms with van der Waals surface area (Å²) in [6.45, 7) is 3.62. The Morgan fingerprint density at radius 2 is 1.55 bits per heavy atom. The molecule has 11 heavy (non-hydrogen) atoms. The molecule has 0 unspecified atom stereocenters. The van der Waals surface area contributed by atoms with Gasteiger partial charge in [0.2, 0.25) is 0 Å². The van der Waals surface area contributed by atoms with E-state index >= 15 is 0 Å². The minimum absolute atomic E-state index is 0. The molecule has 0 saturated carbocycles. The van der Waals surface area contributed by atoms with E-state index < -0.39 is 8.32 Å². The molecule has 1 nitrogen and oxygen atoms in total. The van der Waals surface area contributed by atoms with Gasteiger partial charge in [0.15, 0.2) is 0 Å². The van der Waals surface area contributed by atoms with Crippen LogP contribution in [0.3, 0.4) is 0 Å². The molecule has 0 radical (unpaired) electrons. The predicted octanol–water partition coefficient (Wildman–Crippen LogP) is -2.54. The fourth-order valence-electron chi connectivity index (χ4n) is 0.840. The number of hydrogen-bond donors (Lipinski definition) is 0. The molecule has 0 aromatic heterocycles. The van der Waals surface area contributed by atoms with Gasteiger partial charge in [-0.05, 0) is 8.32 Å². The van der Waals surface area contributed by atoms with Crippen LogP contribution in [0, 0.1) is 0 Å². The van der Waals surface area contributed by atoms with Crippen LogP contribution in [0.25, 0.3) is 0 Å². The van der Waals surface area contributed by atoms with Gasteiger partial charge < -0.3 is 4.80 Å². The van der Waals surface area contributed by atoms with Gasteiger partial charge in [0.25, 0.3) is 0 Å². The summed E-state index contributed by atoms with van der Waals surface area (Å²) in [5, 5.41) is 0.981. The quantitative estimate of drug-likeness (QED) is 0.430. The van der Waals surface area contributed by atoms with E-state index in [0.717, 1.165) is 5.19 Å². The van der Waals surface area contributed by atoms with Crippen LogP contribution in [0.15, 0.2) is 30.3 Å². The third-order valence-electron chi connectivity index (χ3n) is 1.47. The van der Waals surface area contributed by atoms with Crippen molar-refractivity contribution in [2.24, 2.45) is 0 Å². The molecule has 0 atom stereocenters. The first kappa shape index (κ1) is 11.4. The second kappa shape index (κ2) is 4.43. The summed E-state index contributed by atoms with van der Waals surface area (Å²) >= 11 is 0. The van der Waals surface area contributed by atoms with Crippen LogP contribution in [0.2, 0.25) is 13.1 Å². The molecule has 0 fully saturated rings. The zero-order chi connectivity index (χ0) is 7.61. The Bertz CT molecular complexity index is 205. The van der Waals surface area contributed by atoms with Crippen molar-refractivity contribution in [3.63, 3.8) is 0 Å². The first-order valence-corrected chi connectivity index (χ1v) is 6.27. The van der Waals surface area contributed by atoms with Crippen molar-refractivity contribution in [3.05, 3.63) is 30.3 Å². The molecule has 0 aliphatic heterocycles. The molecule has 1 aromatic carbocycles. The van der Waals surface area contributed by atoms with E-state index in [0.29, 0.717) is 0 Å². The fraction of sp³-hybridized carbons (Fsp3) is 0.250. The first-order chi connectivity index (χ1) is 4.61. The topological polar surface area (TPSA) is 23.1 Å². The van der Waals surface area contributed by atoms with Gasteiger partial charge in [-0.15, -0.1) is 0 Å². The standard InChI is InChI=1S/C8H11OSi.Na/c1-10(2,9)8-6-4-3-5-7-8;/h3-7H,1-2H3;/q-1;+1. The zero-order valence-corrected chi connectivity index (χ0v) is 10.3. The Morgan fingerprint density at radius 3 is 1.82 bits per heavy atom. The van der Waals surface area contributed by atoms with E-state index in [4.69, 9.17) is 0 Å². The van der Waals surface area contributed by atoms with Gasteiger partial charge in [0.1, 0.15) is 0 Å². The molecule has 0 amide bonds. The third kappa shape index (κ3) is 3.54. The van der Waals surface area contributed by atoms with Crippen LogP contribution < -0.4 is 39.5 Å². The Labute approximate surface area is 90.9 Å². The normalized spacial score (nSPS) is 10.5. The van der Waals surface area contributed by atoms with E-state index in [1.54, 1.807) is 0 Å². The first-order valence-electron chi connectivity index (χ1n) is 3.36.